The maximum atomic E-state index is 12.6. The summed E-state index contributed by atoms with van der Waals surface area (Å²) < 4.78 is 0. The van der Waals surface area contributed by atoms with E-state index in [1.807, 2.05) is 11.0 Å². The van der Waals surface area contributed by atoms with Gasteiger partial charge in [0.05, 0.1) is 17.1 Å². The van der Waals surface area contributed by atoms with Crippen molar-refractivity contribution in [1.82, 2.24) is 25.1 Å². The van der Waals surface area contributed by atoms with Gasteiger partial charge in [0, 0.05) is 12.7 Å². The maximum absolute atomic E-state index is 12.6. The molecule has 2 aromatic heterocycles. The summed E-state index contributed by atoms with van der Waals surface area (Å²) in [6.07, 6.45) is 3.52. The zero-order chi connectivity index (χ0) is 15.1. The molecule has 3 aromatic rings. The summed E-state index contributed by atoms with van der Waals surface area (Å²) in [5.41, 5.74) is 3.69. The van der Waals surface area contributed by atoms with Crippen molar-refractivity contribution in [3.8, 4) is 0 Å². The number of fused-ring (bicyclic) bond motifs is 1. The van der Waals surface area contributed by atoms with Gasteiger partial charge in [0.15, 0.2) is 0 Å². The highest BCUT2D eigenvalue weighted by molar-refractivity contribution is 5.92. The Kier molecular flexibility index (Phi) is 2.96. The number of aromatic nitrogens is 4. The van der Waals surface area contributed by atoms with Gasteiger partial charge in [-0.15, -0.1) is 0 Å². The van der Waals surface area contributed by atoms with E-state index in [0.29, 0.717) is 5.69 Å². The maximum Gasteiger partial charge on any atom is 0.272 e. The molecule has 2 N–H and O–H groups in total. The Bertz CT molecular complexity index is 820. The molecule has 1 amide bonds. The summed E-state index contributed by atoms with van der Waals surface area (Å²) in [5.74, 6) is 0.850. The Morgan fingerprint density at radius 2 is 2.27 bits per heavy atom. The molecule has 0 saturated carbocycles. The minimum absolute atomic E-state index is 0.00325. The van der Waals surface area contributed by atoms with Gasteiger partial charge in [0.1, 0.15) is 11.5 Å². The molecule has 1 aliphatic rings. The molecule has 1 saturated heterocycles. The van der Waals surface area contributed by atoms with E-state index in [4.69, 9.17) is 0 Å². The number of rotatable bonds is 2. The highest BCUT2D eigenvalue weighted by atomic mass is 16.2. The molecule has 1 unspecified atom stereocenters. The predicted molar refractivity (Wildman–Crippen MR) is 82.4 cm³/mol. The van der Waals surface area contributed by atoms with E-state index in [-0.39, 0.29) is 11.9 Å². The van der Waals surface area contributed by atoms with E-state index in [2.05, 4.69) is 39.2 Å². The zero-order valence-corrected chi connectivity index (χ0v) is 12.3. The molecule has 3 heterocycles. The number of carbonyl (C=O) groups is 1. The second-order valence-corrected chi connectivity index (χ2v) is 5.77. The first-order valence-corrected chi connectivity index (χ1v) is 7.49. The number of imidazole rings is 1. The van der Waals surface area contributed by atoms with Gasteiger partial charge in [-0.05, 0) is 43.5 Å². The first-order valence-electron chi connectivity index (χ1n) is 7.49. The van der Waals surface area contributed by atoms with Crippen LogP contribution >= 0.6 is 0 Å². The average molecular weight is 295 g/mol. The molecule has 0 aliphatic carbocycles. The van der Waals surface area contributed by atoms with Crippen LogP contribution in [0.1, 0.15) is 40.8 Å². The molecular weight excluding hydrogens is 278 g/mol. The monoisotopic (exact) mass is 295 g/mol. The molecular formula is C16H17N5O. The minimum atomic E-state index is -0.0170. The molecule has 1 fully saturated rings. The van der Waals surface area contributed by atoms with Crippen LogP contribution < -0.4 is 0 Å². The molecule has 1 aliphatic heterocycles. The summed E-state index contributed by atoms with van der Waals surface area (Å²) in [6, 6.07) is 7.86. The lowest BCUT2D eigenvalue weighted by atomic mass is 10.2. The van der Waals surface area contributed by atoms with Crippen LogP contribution in [0.2, 0.25) is 0 Å². The normalized spacial score (nSPS) is 18.2. The lowest BCUT2D eigenvalue weighted by Crippen LogP contribution is -2.31. The van der Waals surface area contributed by atoms with Crippen molar-refractivity contribution in [2.45, 2.75) is 25.8 Å². The minimum Gasteiger partial charge on any atom is -0.340 e. The van der Waals surface area contributed by atoms with Crippen molar-refractivity contribution in [3.63, 3.8) is 0 Å². The third kappa shape index (κ3) is 2.07. The summed E-state index contributed by atoms with van der Waals surface area (Å²) >= 11 is 0. The molecule has 4 rings (SSSR count). The number of aryl methyl sites for hydroxylation is 1. The summed E-state index contributed by atoms with van der Waals surface area (Å²) in [7, 11) is 0. The van der Waals surface area contributed by atoms with Gasteiger partial charge in [-0.2, -0.15) is 5.10 Å². The summed E-state index contributed by atoms with van der Waals surface area (Å²) in [4.78, 5) is 22.5. The van der Waals surface area contributed by atoms with Crippen LogP contribution in [0.3, 0.4) is 0 Å². The summed E-state index contributed by atoms with van der Waals surface area (Å²) in [6.45, 7) is 2.81. The second kappa shape index (κ2) is 4.98. The molecule has 22 heavy (non-hydrogen) atoms. The number of carbonyl (C=O) groups excluding carboxylic acids is 1. The number of likely N-dealkylation sites (tertiary alicyclic amines) is 1. The quantitative estimate of drug-likeness (QED) is 0.762. The zero-order valence-electron chi connectivity index (χ0n) is 12.3. The number of nitrogens with zero attached hydrogens (tertiary/aromatic N) is 3. The smallest absolute Gasteiger partial charge is 0.272 e. The molecule has 6 heteroatoms. The fraction of sp³-hybridized carbons (Fsp3) is 0.312. The molecule has 1 aromatic carbocycles. The Morgan fingerprint density at radius 3 is 3.09 bits per heavy atom. The SMILES string of the molecule is Cc1ccc2nc(C3CCCN3C(=O)c3ccn[nH]3)[nH]c2c1. The molecule has 0 spiro atoms. The van der Waals surface area contributed by atoms with Crippen LogP contribution in [0.5, 0.6) is 0 Å². The number of aromatic amines is 2. The fourth-order valence-corrected chi connectivity index (χ4v) is 3.12. The number of hydrogen-bond acceptors (Lipinski definition) is 3. The number of hydrogen-bond donors (Lipinski definition) is 2. The molecule has 1 atom stereocenters. The van der Waals surface area contributed by atoms with Crippen molar-refractivity contribution < 1.29 is 4.79 Å². The second-order valence-electron chi connectivity index (χ2n) is 5.77. The first-order chi connectivity index (χ1) is 10.7. The van der Waals surface area contributed by atoms with Crippen LogP contribution in [-0.4, -0.2) is 37.5 Å². The average Bonchev–Trinajstić information content (AvgIpc) is 3.24. The first kappa shape index (κ1) is 13.1. The van der Waals surface area contributed by atoms with Crippen LogP contribution in [0.25, 0.3) is 11.0 Å². The van der Waals surface area contributed by atoms with Crippen molar-refractivity contribution in [3.05, 3.63) is 47.5 Å². The van der Waals surface area contributed by atoms with Crippen molar-refractivity contribution >= 4 is 16.9 Å². The Labute approximate surface area is 127 Å². The van der Waals surface area contributed by atoms with Gasteiger partial charge in [0.2, 0.25) is 0 Å². The van der Waals surface area contributed by atoms with Crippen molar-refractivity contribution in [1.29, 1.82) is 0 Å². The number of H-pyrrole nitrogens is 2. The molecule has 0 bridgehead atoms. The van der Waals surface area contributed by atoms with Crippen LogP contribution in [0, 0.1) is 6.92 Å². The molecule has 112 valence electrons. The Balaban J connectivity index is 1.68. The van der Waals surface area contributed by atoms with Gasteiger partial charge in [-0.3, -0.25) is 9.89 Å². The van der Waals surface area contributed by atoms with Crippen LogP contribution in [0.4, 0.5) is 0 Å². The fourth-order valence-electron chi connectivity index (χ4n) is 3.12. The molecule has 6 nitrogen and oxygen atoms in total. The standard InChI is InChI=1S/C16H17N5O/c1-10-4-5-11-13(9-10)19-15(18-11)14-3-2-8-21(14)16(22)12-6-7-17-20-12/h4-7,9,14H,2-3,8H2,1H3,(H,17,20)(H,18,19). The van der Waals surface area contributed by atoms with E-state index in [1.54, 1.807) is 12.3 Å². The lowest BCUT2D eigenvalue weighted by molar-refractivity contribution is 0.0724. The lowest BCUT2D eigenvalue weighted by Gasteiger charge is -2.22. The van der Waals surface area contributed by atoms with Gasteiger partial charge in [-0.1, -0.05) is 6.07 Å². The third-order valence-electron chi connectivity index (χ3n) is 4.22. The van der Waals surface area contributed by atoms with Gasteiger partial charge in [-0.25, -0.2) is 4.98 Å². The highest BCUT2D eigenvalue weighted by Gasteiger charge is 2.33. The Morgan fingerprint density at radius 1 is 1.36 bits per heavy atom. The van der Waals surface area contributed by atoms with Crippen LogP contribution in [0.15, 0.2) is 30.5 Å². The van der Waals surface area contributed by atoms with E-state index >= 15 is 0 Å². The van der Waals surface area contributed by atoms with Gasteiger partial charge >= 0.3 is 0 Å². The van der Waals surface area contributed by atoms with E-state index in [9.17, 15) is 4.79 Å². The molecule has 0 radical (unpaired) electrons. The highest BCUT2D eigenvalue weighted by Crippen LogP contribution is 2.32. The van der Waals surface area contributed by atoms with Gasteiger partial charge in [0.25, 0.3) is 5.91 Å². The number of benzene rings is 1. The Hall–Kier alpha value is -2.63. The number of amides is 1. The van der Waals surface area contributed by atoms with E-state index < -0.39 is 0 Å². The van der Waals surface area contributed by atoms with Crippen molar-refractivity contribution in [2.24, 2.45) is 0 Å². The topological polar surface area (TPSA) is 77.7 Å². The van der Waals surface area contributed by atoms with Crippen molar-refractivity contribution in [2.75, 3.05) is 6.54 Å². The van der Waals surface area contributed by atoms with E-state index in [1.165, 1.54) is 5.56 Å². The number of nitrogens with one attached hydrogen (secondary N) is 2. The van der Waals surface area contributed by atoms with Crippen LogP contribution in [-0.2, 0) is 0 Å². The largest absolute Gasteiger partial charge is 0.340 e. The predicted octanol–water partition coefficient (Wildman–Crippen LogP) is 2.57. The van der Waals surface area contributed by atoms with E-state index in [0.717, 1.165) is 36.2 Å². The van der Waals surface area contributed by atoms with Gasteiger partial charge < -0.3 is 9.88 Å². The third-order valence-corrected chi connectivity index (χ3v) is 4.22. The summed E-state index contributed by atoms with van der Waals surface area (Å²) in [5, 5.41) is 6.61.